The van der Waals surface area contributed by atoms with E-state index in [1.54, 1.807) is 24.0 Å². The van der Waals surface area contributed by atoms with Gasteiger partial charge in [-0.1, -0.05) is 23.8 Å². The third kappa shape index (κ3) is 4.31. The van der Waals surface area contributed by atoms with E-state index in [1.807, 2.05) is 20.0 Å². The average Bonchev–Trinajstić information content (AvgIpc) is 3.35. The SMILES string of the molecule is C=C(C)[C@H]1COC(=O)N1c1nc(C)nc(N[C@@H](C)c2cn(-c3cnc(Cl)cn3)cn2)n1. The summed E-state index contributed by atoms with van der Waals surface area (Å²) in [7, 11) is 0. The van der Waals surface area contributed by atoms with Crippen LogP contribution in [0.2, 0.25) is 5.15 Å². The van der Waals surface area contributed by atoms with Crippen molar-refractivity contribution in [2.45, 2.75) is 32.9 Å². The summed E-state index contributed by atoms with van der Waals surface area (Å²) >= 11 is 5.79. The van der Waals surface area contributed by atoms with E-state index in [4.69, 9.17) is 16.3 Å². The molecule has 2 atom stereocenters. The summed E-state index contributed by atoms with van der Waals surface area (Å²) in [6.45, 7) is 9.61. The van der Waals surface area contributed by atoms with Gasteiger partial charge in [-0.3, -0.25) is 4.57 Å². The number of imidazole rings is 1. The second kappa shape index (κ2) is 8.26. The predicted octanol–water partition coefficient (Wildman–Crippen LogP) is 2.88. The van der Waals surface area contributed by atoms with Crippen molar-refractivity contribution in [2.75, 3.05) is 16.8 Å². The summed E-state index contributed by atoms with van der Waals surface area (Å²) in [5.41, 5.74) is 1.51. The number of ether oxygens (including phenoxy) is 1. The van der Waals surface area contributed by atoms with Crippen molar-refractivity contribution in [3.8, 4) is 5.82 Å². The lowest BCUT2D eigenvalue weighted by Crippen LogP contribution is -2.36. The van der Waals surface area contributed by atoms with Gasteiger partial charge in [0.2, 0.25) is 11.9 Å². The molecule has 0 aromatic carbocycles. The number of aryl methyl sites for hydroxylation is 1. The monoisotopic (exact) mass is 441 g/mol. The Hall–Kier alpha value is -3.60. The zero-order valence-corrected chi connectivity index (χ0v) is 17.9. The highest BCUT2D eigenvalue weighted by molar-refractivity contribution is 6.29. The molecule has 1 N–H and O–H groups in total. The average molecular weight is 442 g/mol. The molecule has 0 bridgehead atoms. The molecule has 3 aromatic heterocycles. The maximum Gasteiger partial charge on any atom is 0.417 e. The number of aromatic nitrogens is 7. The van der Waals surface area contributed by atoms with E-state index in [2.05, 4.69) is 41.8 Å². The normalized spacial score (nSPS) is 16.8. The number of amides is 1. The van der Waals surface area contributed by atoms with Crippen LogP contribution in [0.25, 0.3) is 5.82 Å². The van der Waals surface area contributed by atoms with E-state index < -0.39 is 6.09 Å². The smallest absolute Gasteiger partial charge is 0.417 e. The lowest BCUT2D eigenvalue weighted by atomic mass is 10.1. The summed E-state index contributed by atoms with van der Waals surface area (Å²) in [5.74, 6) is 1.57. The Morgan fingerprint density at radius 1 is 1.29 bits per heavy atom. The first-order chi connectivity index (χ1) is 14.8. The number of hydrogen-bond acceptors (Lipinski definition) is 9. The molecule has 4 rings (SSSR count). The van der Waals surface area contributed by atoms with Crippen LogP contribution in [0.1, 0.15) is 31.4 Å². The summed E-state index contributed by atoms with van der Waals surface area (Å²) in [6.07, 6.45) is 5.96. The highest BCUT2D eigenvalue weighted by Crippen LogP contribution is 2.25. The van der Waals surface area contributed by atoms with Crippen LogP contribution in [0.3, 0.4) is 0 Å². The predicted molar refractivity (Wildman–Crippen MR) is 113 cm³/mol. The van der Waals surface area contributed by atoms with Crippen LogP contribution >= 0.6 is 11.6 Å². The Balaban J connectivity index is 1.55. The maximum absolute atomic E-state index is 12.2. The molecule has 3 aromatic rings. The van der Waals surface area contributed by atoms with Gasteiger partial charge in [-0.05, 0) is 20.8 Å². The number of hydrogen-bond donors (Lipinski definition) is 1. The number of cyclic esters (lactones) is 1. The second-order valence-electron chi connectivity index (χ2n) is 7.08. The van der Waals surface area contributed by atoms with Gasteiger partial charge in [-0.15, -0.1) is 0 Å². The number of halogens is 1. The van der Waals surface area contributed by atoms with E-state index in [-0.39, 0.29) is 24.6 Å². The molecule has 1 fully saturated rings. The van der Waals surface area contributed by atoms with E-state index >= 15 is 0 Å². The minimum Gasteiger partial charge on any atom is -0.447 e. The van der Waals surface area contributed by atoms with Crippen LogP contribution < -0.4 is 10.2 Å². The summed E-state index contributed by atoms with van der Waals surface area (Å²) in [4.78, 5) is 39.3. The fourth-order valence-corrected chi connectivity index (χ4v) is 3.14. The molecule has 0 aliphatic carbocycles. The van der Waals surface area contributed by atoms with Crippen molar-refractivity contribution in [3.05, 3.63) is 53.7 Å². The molecule has 1 saturated heterocycles. The Morgan fingerprint density at radius 2 is 2.10 bits per heavy atom. The van der Waals surface area contributed by atoms with E-state index in [0.717, 1.165) is 11.3 Å². The standard InChI is InChI=1S/C19H20ClN9O2/c1-10(2)14-8-31-19(30)29(14)18-26-12(4)25-17(27-18)24-11(3)13-7-28(9-23-13)16-6-21-15(20)5-22-16/h5-7,9,11,14H,1,8H2,2-4H3,(H,24,25,26,27)/t11-,14+/m0/s1. The largest absolute Gasteiger partial charge is 0.447 e. The molecule has 1 aliphatic rings. The topological polar surface area (TPSA) is 124 Å². The van der Waals surface area contributed by atoms with Gasteiger partial charge in [0.05, 0.1) is 30.2 Å². The zero-order chi connectivity index (χ0) is 22.1. The molecule has 0 radical (unpaired) electrons. The highest BCUT2D eigenvalue weighted by Gasteiger charge is 2.37. The maximum atomic E-state index is 12.2. The van der Waals surface area contributed by atoms with Crippen LogP contribution in [0.4, 0.5) is 16.7 Å². The van der Waals surface area contributed by atoms with Crippen molar-refractivity contribution >= 4 is 29.6 Å². The van der Waals surface area contributed by atoms with Gasteiger partial charge in [0.15, 0.2) is 5.82 Å². The Labute approximate surface area is 183 Å². The first-order valence-corrected chi connectivity index (χ1v) is 9.82. The summed E-state index contributed by atoms with van der Waals surface area (Å²) in [5, 5.41) is 3.51. The Bertz CT molecular complexity index is 1130. The van der Waals surface area contributed by atoms with Crippen LogP contribution in [0, 0.1) is 6.92 Å². The third-order valence-electron chi connectivity index (χ3n) is 4.66. The molecule has 0 saturated carbocycles. The first kappa shape index (κ1) is 20.7. The van der Waals surface area contributed by atoms with Crippen molar-refractivity contribution in [1.29, 1.82) is 0 Å². The van der Waals surface area contributed by atoms with Gasteiger partial charge in [0.25, 0.3) is 0 Å². The van der Waals surface area contributed by atoms with Gasteiger partial charge >= 0.3 is 6.09 Å². The second-order valence-corrected chi connectivity index (χ2v) is 7.47. The quantitative estimate of drug-likeness (QED) is 0.574. The molecule has 12 heteroatoms. The number of rotatable bonds is 6. The molecule has 1 amide bonds. The molecule has 4 heterocycles. The minimum atomic E-state index is -0.514. The Kier molecular flexibility index (Phi) is 5.51. The van der Waals surface area contributed by atoms with Crippen LogP contribution in [0.15, 0.2) is 37.1 Å². The molecular formula is C19H20ClN9O2. The highest BCUT2D eigenvalue weighted by atomic mass is 35.5. The van der Waals surface area contributed by atoms with Gasteiger partial charge in [0.1, 0.15) is 23.9 Å². The molecule has 31 heavy (non-hydrogen) atoms. The molecular weight excluding hydrogens is 422 g/mol. The lowest BCUT2D eigenvalue weighted by Gasteiger charge is -2.20. The summed E-state index contributed by atoms with van der Waals surface area (Å²) in [6, 6.07) is -0.561. The molecule has 11 nitrogen and oxygen atoms in total. The van der Waals surface area contributed by atoms with Crippen molar-refractivity contribution < 1.29 is 9.53 Å². The van der Waals surface area contributed by atoms with Crippen LogP contribution in [-0.2, 0) is 4.74 Å². The van der Waals surface area contributed by atoms with Gasteiger partial charge in [0, 0.05) is 6.20 Å². The fourth-order valence-electron chi connectivity index (χ4n) is 3.04. The number of anilines is 2. The van der Waals surface area contributed by atoms with Gasteiger partial charge in [-0.2, -0.15) is 15.0 Å². The van der Waals surface area contributed by atoms with Crippen molar-refractivity contribution in [3.63, 3.8) is 0 Å². The van der Waals surface area contributed by atoms with Crippen molar-refractivity contribution in [1.82, 2.24) is 34.5 Å². The minimum absolute atomic E-state index is 0.208. The molecule has 1 aliphatic heterocycles. The number of carbonyl (C=O) groups is 1. The first-order valence-electron chi connectivity index (χ1n) is 9.44. The zero-order valence-electron chi connectivity index (χ0n) is 17.2. The third-order valence-corrected chi connectivity index (χ3v) is 4.85. The van der Waals surface area contributed by atoms with Crippen molar-refractivity contribution in [2.24, 2.45) is 0 Å². The molecule has 0 unspecified atom stereocenters. The number of carbonyl (C=O) groups excluding carboxylic acids is 1. The van der Waals surface area contributed by atoms with Crippen LogP contribution in [-0.4, -0.2) is 53.2 Å². The summed E-state index contributed by atoms with van der Waals surface area (Å²) < 4.78 is 6.88. The number of nitrogens with one attached hydrogen (secondary N) is 1. The molecule has 0 spiro atoms. The molecule has 160 valence electrons. The van der Waals surface area contributed by atoms with E-state index in [0.29, 0.717) is 22.7 Å². The van der Waals surface area contributed by atoms with E-state index in [9.17, 15) is 4.79 Å². The number of nitrogens with zero attached hydrogens (tertiary/aromatic N) is 8. The fraction of sp³-hybridized carbons (Fsp3) is 0.316. The lowest BCUT2D eigenvalue weighted by molar-refractivity contribution is 0.179. The van der Waals surface area contributed by atoms with E-state index in [1.165, 1.54) is 11.1 Å². The van der Waals surface area contributed by atoms with Gasteiger partial charge in [-0.25, -0.2) is 24.6 Å². The Morgan fingerprint density at radius 3 is 2.81 bits per heavy atom. The van der Waals surface area contributed by atoms with Gasteiger partial charge < -0.3 is 10.1 Å². The van der Waals surface area contributed by atoms with Crippen LogP contribution in [0.5, 0.6) is 0 Å².